The second-order valence-electron chi connectivity index (χ2n) is 7.55. The molecule has 1 aromatic carbocycles. The Morgan fingerprint density at radius 2 is 1.81 bits per heavy atom. The molecule has 31 heavy (non-hydrogen) atoms. The molecule has 1 aromatic rings. The van der Waals surface area contributed by atoms with Crippen molar-refractivity contribution in [1.82, 2.24) is 0 Å². The van der Waals surface area contributed by atoms with E-state index in [1.807, 2.05) is 19.1 Å². The van der Waals surface area contributed by atoms with Gasteiger partial charge in [0.1, 0.15) is 0 Å². The molecule has 0 spiro atoms. The van der Waals surface area contributed by atoms with Crippen LogP contribution in [0.5, 0.6) is 0 Å². The largest absolute Gasteiger partial charge is 0.342 e. The Labute approximate surface area is 189 Å². The summed E-state index contributed by atoms with van der Waals surface area (Å²) in [5.41, 5.74) is 10.4. The number of rotatable bonds is 7. The molecule has 162 valence electrons. The summed E-state index contributed by atoms with van der Waals surface area (Å²) in [5.74, 6) is 0. The van der Waals surface area contributed by atoms with Crippen LogP contribution in [0.4, 0.5) is 5.69 Å². The van der Waals surface area contributed by atoms with Gasteiger partial charge in [-0.05, 0) is 75.5 Å². The molecule has 0 amide bonds. The Hall–Kier alpha value is -3.13. The molecule has 2 heteroatoms. The molecule has 0 atom stereocenters. The first-order chi connectivity index (χ1) is 14.9. The molecule has 0 aromatic heterocycles. The molecular formula is C29H36N2. The second kappa shape index (κ2) is 11.3. The van der Waals surface area contributed by atoms with Gasteiger partial charge in [-0.15, -0.1) is 0 Å². The van der Waals surface area contributed by atoms with E-state index < -0.39 is 0 Å². The number of allylic oxidation sites excluding steroid dienone is 12. The van der Waals surface area contributed by atoms with Crippen molar-refractivity contribution >= 4 is 11.4 Å². The van der Waals surface area contributed by atoms with Gasteiger partial charge in [0.2, 0.25) is 0 Å². The third-order valence-electron chi connectivity index (χ3n) is 5.66. The molecular weight excluding hydrogens is 376 g/mol. The number of aliphatic imine (C=N–C) groups is 1. The van der Waals surface area contributed by atoms with Crippen LogP contribution in [0.1, 0.15) is 53.5 Å². The van der Waals surface area contributed by atoms with E-state index in [4.69, 9.17) is 4.99 Å². The van der Waals surface area contributed by atoms with Crippen LogP contribution < -0.4 is 4.90 Å². The van der Waals surface area contributed by atoms with Crippen molar-refractivity contribution in [1.29, 1.82) is 0 Å². The Kier molecular flexibility index (Phi) is 8.81. The third-order valence-corrected chi connectivity index (χ3v) is 5.66. The Balaban J connectivity index is 2.74. The fourth-order valence-corrected chi connectivity index (χ4v) is 3.93. The van der Waals surface area contributed by atoms with E-state index in [9.17, 15) is 0 Å². The first kappa shape index (κ1) is 24.1. The lowest BCUT2D eigenvalue weighted by Gasteiger charge is -2.16. The summed E-state index contributed by atoms with van der Waals surface area (Å²) in [5, 5.41) is 0. The van der Waals surface area contributed by atoms with E-state index in [1.165, 1.54) is 28.0 Å². The molecule has 0 saturated heterocycles. The molecule has 2 rings (SSSR count). The zero-order valence-electron chi connectivity index (χ0n) is 20.2. The van der Waals surface area contributed by atoms with Crippen molar-refractivity contribution in [2.24, 2.45) is 4.99 Å². The highest BCUT2D eigenvalue weighted by molar-refractivity contribution is 6.22. The number of hydrogen-bond donors (Lipinski definition) is 0. The summed E-state index contributed by atoms with van der Waals surface area (Å²) < 4.78 is 0. The third kappa shape index (κ3) is 5.14. The number of likely N-dealkylation sites (N-methyl/N-ethyl adjacent to an activating group) is 1. The van der Waals surface area contributed by atoms with Crippen molar-refractivity contribution in [2.75, 3.05) is 11.9 Å². The highest BCUT2D eigenvalue weighted by Gasteiger charge is 2.27. The van der Waals surface area contributed by atoms with Crippen LogP contribution in [0.15, 0.2) is 112 Å². The van der Waals surface area contributed by atoms with Crippen molar-refractivity contribution in [3.8, 4) is 0 Å². The summed E-state index contributed by atoms with van der Waals surface area (Å²) in [6.45, 7) is 16.6. The Bertz CT molecular complexity index is 1040. The van der Waals surface area contributed by atoms with Gasteiger partial charge in [-0.2, -0.15) is 0 Å². The summed E-state index contributed by atoms with van der Waals surface area (Å²) in [7, 11) is 2.10. The van der Waals surface area contributed by atoms with Crippen LogP contribution >= 0.6 is 0 Å². The molecule has 0 N–H and O–H groups in total. The monoisotopic (exact) mass is 412 g/mol. The minimum absolute atomic E-state index is 0.927. The predicted molar refractivity (Wildman–Crippen MR) is 139 cm³/mol. The molecule has 0 unspecified atom stereocenters. The van der Waals surface area contributed by atoms with Gasteiger partial charge in [-0.1, -0.05) is 68.2 Å². The standard InChI is InChI=1S/C29H36N2/c1-9-14-19-28-29(25-18-15-16-20-27(25)31(28)8)30-26(13-5)22(7)23(12-4)24(17-10-2)21(6)11-3/h9-11,13-20H,3,12H2,1-2,4-8H3/b14-9-,17-10-,23-22+,24-21+,26-13+,28-19+,30-29+. The Morgan fingerprint density at radius 1 is 1.10 bits per heavy atom. The maximum atomic E-state index is 5.22. The quantitative estimate of drug-likeness (QED) is 0.413. The molecule has 0 radical (unpaired) electrons. The van der Waals surface area contributed by atoms with Crippen LogP contribution in [0.25, 0.3) is 0 Å². The van der Waals surface area contributed by atoms with Crippen LogP contribution in [0, 0.1) is 0 Å². The molecule has 0 saturated carbocycles. The lowest BCUT2D eigenvalue weighted by Crippen LogP contribution is -2.14. The van der Waals surface area contributed by atoms with Gasteiger partial charge >= 0.3 is 0 Å². The summed E-state index contributed by atoms with van der Waals surface area (Å²) in [6, 6.07) is 8.46. The number of benzene rings is 1. The lowest BCUT2D eigenvalue weighted by atomic mass is 9.92. The molecule has 0 aliphatic carbocycles. The normalized spacial score (nSPS) is 18.8. The van der Waals surface area contributed by atoms with Gasteiger partial charge in [-0.3, -0.25) is 0 Å². The molecule has 0 bridgehead atoms. The average Bonchev–Trinajstić information content (AvgIpc) is 3.06. The second-order valence-corrected chi connectivity index (χ2v) is 7.55. The maximum Gasteiger partial charge on any atom is 0.0966 e. The van der Waals surface area contributed by atoms with Gasteiger partial charge in [0, 0.05) is 12.6 Å². The first-order valence-electron chi connectivity index (χ1n) is 11.0. The predicted octanol–water partition coefficient (Wildman–Crippen LogP) is 8.09. The fraction of sp³-hybridized carbons (Fsp3) is 0.276. The van der Waals surface area contributed by atoms with E-state index in [-0.39, 0.29) is 0 Å². The van der Waals surface area contributed by atoms with Crippen LogP contribution in [0.3, 0.4) is 0 Å². The molecule has 1 aliphatic heterocycles. The number of nitrogens with zero attached hydrogens (tertiary/aromatic N) is 2. The van der Waals surface area contributed by atoms with E-state index in [0.717, 1.165) is 29.1 Å². The van der Waals surface area contributed by atoms with E-state index in [1.54, 1.807) is 0 Å². The van der Waals surface area contributed by atoms with Crippen molar-refractivity contribution in [2.45, 2.75) is 48.0 Å². The number of hydrogen-bond acceptors (Lipinski definition) is 2. The molecule has 0 fully saturated rings. The summed E-state index contributed by atoms with van der Waals surface area (Å²) in [4.78, 5) is 7.44. The van der Waals surface area contributed by atoms with Gasteiger partial charge in [0.15, 0.2) is 0 Å². The van der Waals surface area contributed by atoms with E-state index in [0.29, 0.717) is 0 Å². The Morgan fingerprint density at radius 3 is 2.39 bits per heavy atom. The number of fused-ring (bicyclic) bond motifs is 1. The zero-order chi connectivity index (χ0) is 23.0. The fourth-order valence-electron chi connectivity index (χ4n) is 3.93. The highest BCUT2D eigenvalue weighted by Crippen LogP contribution is 2.35. The summed E-state index contributed by atoms with van der Waals surface area (Å²) >= 11 is 0. The summed E-state index contributed by atoms with van der Waals surface area (Å²) in [6.07, 6.45) is 15.5. The van der Waals surface area contributed by atoms with Crippen LogP contribution in [-0.2, 0) is 0 Å². The minimum Gasteiger partial charge on any atom is -0.342 e. The molecule has 1 aliphatic rings. The number of para-hydroxylation sites is 1. The van der Waals surface area contributed by atoms with E-state index >= 15 is 0 Å². The van der Waals surface area contributed by atoms with Crippen LogP contribution in [-0.4, -0.2) is 12.8 Å². The average molecular weight is 413 g/mol. The van der Waals surface area contributed by atoms with Crippen molar-refractivity contribution in [3.05, 3.63) is 113 Å². The van der Waals surface area contributed by atoms with Gasteiger partial charge in [-0.25, -0.2) is 4.99 Å². The smallest absolute Gasteiger partial charge is 0.0966 e. The SMILES string of the molecule is C=C/C(C)=C(\C=C/C)C(/CC)=C(C)/C(=C\C)/N=C1/C(=C\C=C/C)N(C)c2ccccc21. The van der Waals surface area contributed by atoms with Crippen LogP contribution in [0.2, 0.25) is 0 Å². The van der Waals surface area contributed by atoms with Gasteiger partial charge in [0.25, 0.3) is 0 Å². The number of anilines is 1. The molecule has 2 nitrogen and oxygen atoms in total. The van der Waals surface area contributed by atoms with Crippen molar-refractivity contribution < 1.29 is 0 Å². The maximum absolute atomic E-state index is 5.22. The van der Waals surface area contributed by atoms with Gasteiger partial charge < -0.3 is 4.90 Å². The van der Waals surface area contributed by atoms with E-state index in [2.05, 4.69) is 108 Å². The van der Waals surface area contributed by atoms with Crippen molar-refractivity contribution in [3.63, 3.8) is 0 Å². The topological polar surface area (TPSA) is 15.6 Å². The molecule has 1 heterocycles. The zero-order valence-corrected chi connectivity index (χ0v) is 20.2. The highest BCUT2D eigenvalue weighted by atomic mass is 15.2. The minimum atomic E-state index is 0.927. The first-order valence-corrected chi connectivity index (χ1v) is 11.0. The van der Waals surface area contributed by atoms with Gasteiger partial charge in [0.05, 0.1) is 22.8 Å². The lowest BCUT2D eigenvalue weighted by molar-refractivity contribution is 1.06.